The minimum Gasteiger partial charge on any atom is -0.495 e. The van der Waals surface area contributed by atoms with E-state index >= 15 is 0 Å². The molecule has 17 nitrogen and oxygen atoms in total. The largest absolute Gasteiger partial charge is 0.495 e. The topological polar surface area (TPSA) is 214 Å². The van der Waals surface area contributed by atoms with Crippen molar-refractivity contribution in [2.75, 3.05) is 46.6 Å². The molecule has 6 aliphatic rings. The molecule has 1 amide bonds. The summed E-state index contributed by atoms with van der Waals surface area (Å²) in [4.78, 5) is 48.9. The van der Waals surface area contributed by atoms with E-state index in [0.717, 1.165) is 0 Å². The number of fused-ring (bicyclic) bond motifs is 8. The third-order valence-corrected chi connectivity index (χ3v) is 14.1. The van der Waals surface area contributed by atoms with Crippen molar-refractivity contribution in [2.45, 2.75) is 121 Å². The van der Waals surface area contributed by atoms with Gasteiger partial charge in [-0.3, -0.25) is 9.88 Å². The van der Waals surface area contributed by atoms with Gasteiger partial charge in [-0.1, -0.05) is 51.1 Å². The first-order chi connectivity index (χ1) is 30.7. The predicted octanol–water partition coefficient (Wildman–Crippen LogP) is 3.41. The Hall–Kier alpha value is -4.46. The van der Waals surface area contributed by atoms with E-state index in [9.17, 15) is 24.6 Å². The number of morpholine rings is 1. The number of alkyl carbamates (subject to hydrolysis) is 1. The second kappa shape index (κ2) is 17.1. The second-order valence-electron chi connectivity index (χ2n) is 19.5. The summed E-state index contributed by atoms with van der Waals surface area (Å²) >= 11 is 0. The van der Waals surface area contributed by atoms with Crippen molar-refractivity contribution in [1.29, 1.82) is 1.43 Å². The molecule has 12 atom stereocenters. The number of benzene rings is 1. The van der Waals surface area contributed by atoms with Gasteiger partial charge in [0.2, 0.25) is 1.43 Å². The summed E-state index contributed by atoms with van der Waals surface area (Å²) in [5, 5.41) is 34.4. The lowest BCUT2D eigenvalue weighted by molar-refractivity contribution is -0.313. The van der Waals surface area contributed by atoms with Crippen LogP contribution in [-0.2, 0) is 38.0 Å². The molecule has 4 fully saturated rings. The third-order valence-electron chi connectivity index (χ3n) is 14.1. The Morgan fingerprint density at radius 2 is 1.78 bits per heavy atom. The zero-order chi connectivity index (χ0) is 46.7. The van der Waals surface area contributed by atoms with Crippen molar-refractivity contribution in [3.05, 3.63) is 83.2 Å². The number of carbonyl (C=O) groups excluding carboxylic acids is 3. The Labute approximate surface area is 374 Å². The number of carbonyl (C=O) groups is 3. The van der Waals surface area contributed by atoms with Gasteiger partial charge in [0.1, 0.15) is 59.1 Å². The molecule has 1 aromatic carbocycles. The fourth-order valence-electron chi connectivity index (χ4n) is 10.7. The molecule has 1 aromatic heterocycles. The molecule has 348 valence electrons. The van der Waals surface area contributed by atoms with E-state index < -0.39 is 101 Å². The van der Waals surface area contributed by atoms with Crippen LogP contribution in [0.2, 0.25) is 0 Å². The SMILES string of the molecule is [3H]O[C@@H](C(=O)O[C@H]1C[C@@]2(O)[C@@H](OC(=O)c3ccccc3)[C@H]3[C@@](C)(C=C[C@H]4OC[C@]43O)[C@@H]3O[C@H](CN4CCOCC4)O[C@@H]3C(=C1C)C2(C)C)[C@@H](NC(=O)OC(C)(C)C)c1ccc(OC)cn1. The molecule has 8 rings (SSSR count). The van der Waals surface area contributed by atoms with E-state index in [1.807, 2.05) is 26.8 Å². The maximum atomic E-state index is 14.7. The summed E-state index contributed by atoms with van der Waals surface area (Å²) in [6, 6.07) is 10.0. The fourth-order valence-corrected chi connectivity index (χ4v) is 10.7. The average molecular weight is 894 g/mol. The number of methoxy groups -OCH3 is 1. The number of nitrogens with one attached hydrogen (secondary N) is 1. The predicted molar refractivity (Wildman–Crippen MR) is 227 cm³/mol. The Morgan fingerprint density at radius 3 is 2.41 bits per heavy atom. The molecular weight excluding hydrogens is 831 g/mol. The summed E-state index contributed by atoms with van der Waals surface area (Å²) in [6.07, 6.45) is -3.96. The highest BCUT2D eigenvalue weighted by molar-refractivity contribution is 5.89. The van der Waals surface area contributed by atoms with Crippen molar-refractivity contribution in [3.63, 3.8) is 0 Å². The van der Waals surface area contributed by atoms with Gasteiger partial charge in [0, 0.05) is 42.8 Å². The lowest BCUT2D eigenvalue weighted by Gasteiger charge is -2.65. The Kier molecular flexibility index (Phi) is 11.9. The number of aliphatic hydroxyl groups is 3. The highest BCUT2D eigenvalue weighted by atomic mass is 16.7. The van der Waals surface area contributed by atoms with Crippen LogP contribution in [0.5, 0.6) is 5.75 Å². The number of aromatic nitrogens is 1. The number of nitrogens with zero attached hydrogens (tertiary/aromatic N) is 2. The lowest BCUT2D eigenvalue weighted by atomic mass is 9.46. The first kappa shape index (κ1) is 44.7. The molecule has 2 aromatic rings. The van der Waals surface area contributed by atoms with E-state index in [4.69, 9.17) is 44.4 Å². The minimum absolute atomic E-state index is 0.123. The van der Waals surface area contributed by atoms with Gasteiger partial charge in [0.05, 0.1) is 44.4 Å². The van der Waals surface area contributed by atoms with E-state index in [1.54, 1.807) is 70.2 Å². The zero-order valence-corrected chi connectivity index (χ0v) is 37.6. The van der Waals surface area contributed by atoms with Crippen molar-refractivity contribution in [1.82, 2.24) is 15.2 Å². The fraction of sp³-hybridized carbons (Fsp3) is 0.617. The molecule has 3 aliphatic heterocycles. The monoisotopic (exact) mass is 893 g/mol. The number of rotatable bonds is 11. The molecule has 4 N–H and O–H groups in total. The summed E-state index contributed by atoms with van der Waals surface area (Å²) in [5.74, 6) is -2.48. The normalized spacial score (nSPS) is 35.4. The van der Waals surface area contributed by atoms with Gasteiger partial charge < -0.3 is 58.5 Å². The Morgan fingerprint density at radius 1 is 1.05 bits per heavy atom. The Balaban J connectivity index is 1.24. The van der Waals surface area contributed by atoms with Crippen LogP contribution in [0.25, 0.3) is 0 Å². The van der Waals surface area contributed by atoms with Crippen LogP contribution >= 0.6 is 0 Å². The van der Waals surface area contributed by atoms with Gasteiger partial charge in [0.25, 0.3) is 0 Å². The summed E-state index contributed by atoms with van der Waals surface area (Å²) in [7, 11) is 1.46. The molecule has 0 radical (unpaired) electrons. The molecular formula is C47H61N3O14. The molecule has 3 aliphatic carbocycles. The smallest absolute Gasteiger partial charge is 0.408 e. The van der Waals surface area contributed by atoms with Crippen molar-refractivity contribution in [3.8, 4) is 5.75 Å². The lowest BCUT2D eigenvalue weighted by Crippen LogP contribution is -2.78. The van der Waals surface area contributed by atoms with Crippen LogP contribution in [-0.4, -0.2) is 151 Å². The van der Waals surface area contributed by atoms with Gasteiger partial charge in [-0.15, -0.1) is 0 Å². The van der Waals surface area contributed by atoms with E-state index in [0.29, 0.717) is 49.7 Å². The minimum atomic E-state index is -2.09. The summed E-state index contributed by atoms with van der Waals surface area (Å²) < 4.78 is 57.4. The van der Waals surface area contributed by atoms with Gasteiger partial charge in [-0.05, 0) is 63.1 Å². The number of hydrogen-bond acceptors (Lipinski definition) is 16. The zero-order valence-electron chi connectivity index (χ0n) is 38.6. The molecule has 4 heterocycles. The van der Waals surface area contributed by atoms with Gasteiger partial charge in [-0.2, -0.15) is 0 Å². The van der Waals surface area contributed by atoms with E-state index in [-0.39, 0.29) is 24.3 Å². The van der Waals surface area contributed by atoms with Crippen molar-refractivity contribution >= 4 is 18.0 Å². The number of aliphatic hydroxyl groups excluding tert-OH is 1. The van der Waals surface area contributed by atoms with E-state index in [1.165, 1.54) is 19.4 Å². The quantitative estimate of drug-likeness (QED) is 0.145. The van der Waals surface area contributed by atoms with Gasteiger partial charge in [0.15, 0.2) is 12.4 Å². The van der Waals surface area contributed by atoms with Crippen LogP contribution in [0.15, 0.2) is 72.0 Å². The molecule has 0 spiro atoms. The molecule has 2 bridgehead atoms. The van der Waals surface area contributed by atoms with E-state index in [2.05, 4.69) is 15.2 Å². The highest BCUT2D eigenvalue weighted by Crippen LogP contribution is 2.64. The van der Waals surface area contributed by atoms with Crippen LogP contribution in [0.1, 0.15) is 77.0 Å². The van der Waals surface area contributed by atoms with Crippen LogP contribution in [0.3, 0.4) is 0 Å². The first-order valence-corrected chi connectivity index (χ1v) is 21.9. The number of hydrogen-bond donors (Lipinski definition) is 4. The molecule has 17 heteroatoms. The second-order valence-corrected chi connectivity index (χ2v) is 19.5. The summed E-state index contributed by atoms with van der Waals surface area (Å²) in [5.41, 5.74) is -5.68. The first-order valence-electron chi connectivity index (χ1n) is 22.3. The number of esters is 2. The number of ether oxygens (including phenoxy) is 8. The maximum absolute atomic E-state index is 14.7. The van der Waals surface area contributed by atoms with Crippen LogP contribution < -0.4 is 10.1 Å². The molecule has 3 saturated heterocycles. The number of pyridine rings is 1. The summed E-state index contributed by atoms with van der Waals surface area (Å²) in [6.45, 7) is 15.1. The van der Waals surface area contributed by atoms with Gasteiger partial charge in [-0.25, -0.2) is 14.4 Å². The number of amides is 1. The average Bonchev–Trinajstić information content (AvgIpc) is 3.67. The standard InChI is InChI=1S/C47H61N3O14/c1-26-30(60-41(53)35(51)34(49-42(54)64-43(2,3)4)29-15-14-28(57-8)23-48-29)22-47(56)39(63-40(52)27-12-10-9-11-13-27)37-45(7,17-16-31-46(37,55)25-59-31)38-36(33(26)44(47,5)6)61-32(62-38)24-50-18-20-58-21-19-50/h9-17,23,30-32,34-39,51,55-56H,18-22,24-25H2,1-8H3,(H,49,54)/t30-,31+,32+,34-,35+,36+,37-,38+,39-,45+,46-,47+/m0/s1/i51T. The third kappa shape index (κ3) is 8.12. The van der Waals surface area contributed by atoms with Crippen molar-refractivity contribution < 1.29 is 67.6 Å². The van der Waals surface area contributed by atoms with Gasteiger partial charge >= 0.3 is 18.0 Å². The molecule has 1 saturated carbocycles. The van der Waals surface area contributed by atoms with Crippen molar-refractivity contribution in [2.24, 2.45) is 16.7 Å². The Bertz CT molecular complexity index is 2160. The maximum Gasteiger partial charge on any atom is 0.408 e. The molecule has 0 unspecified atom stereocenters. The van der Waals surface area contributed by atoms with Crippen LogP contribution in [0.4, 0.5) is 4.79 Å². The molecule has 64 heavy (non-hydrogen) atoms. The van der Waals surface area contributed by atoms with Crippen LogP contribution in [0, 0.1) is 16.7 Å². The highest BCUT2D eigenvalue weighted by Gasteiger charge is 2.75.